The molecular formula is C16H32N2. The van der Waals surface area contributed by atoms with Crippen LogP contribution in [0.25, 0.3) is 0 Å². The molecule has 2 unspecified atom stereocenters. The molecule has 0 aliphatic heterocycles. The number of nitrogens with one attached hydrogen (secondary N) is 1. The van der Waals surface area contributed by atoms with Crippen molar-refractivity contribution in [1.29, 1.82) is 0 Å². The Balaban J connectivity index is 1.88. The van der Waals surface area contributed by atoms with Gasteiger partial charge in [-0.2, -0.15) is 0 Å². The predicted octanol–water partition coefficient (Wildman–Crippen LogP) is 3.31. The highest BCUT2D eigenvalue weighted by atomic mass is 15.0. The lowest BCUT2D eigenvalue weighted by Gasteiger charge is -2.35. The summed E-state index contributed by atoms with van der Waals surface area (Å²) in [5.74, 6) is 1.83. The highest BCUT2D eigenvalue weighted by molar-refractivity contribution is 4.95. The Labute approximate surface area is 113 Å². The molecule has 106 valence electrons. The number of hydrogen-bond donors (Lipinski definition) is 2. The van der Waals surface area contributed by atoms with Crippen molar-refractivity contribution in [3.05, 3.63) is 0 Å². The van der Waals surface area contributed by atoms with Crippen molar-refractivity contribution in [2.24, 2.45) is 23.0 Å². The lowest BCUT2D eigenvalue weighted by Crippen LogP contribution is -2.52. The molecule has 3 N–H and O–H groups in total. The molecular weight excluding hydrogens is 220 g/mol. The van der Waals surface area contributed by atoms with Crippen LogP contribution in [0.15, 0.2) is 0 Å². The normalized spacial score (nSPS) is 34.0. The van der Waals surface area contributed by atoms with Crippen LogP contribution >= 0.6 is 0 Å². The van der Waals surface area contributed by atoms with Crippen LogP contribution in [0.2, 0.25) is 0 Å². The van der Waals surface area contributed by atoms with Gasteiger partial charge in [0.15, 0.2) is 0 Å². The summed E-state index contributed by atoms with van der Waals surface area (Å²) in [6, 6.07) is 0. The van der Waals surface area contributed by atoms with E-state index in [4.69, 9.17) is 5.73 Å². The van der Waals surface area contributed by atoms with E-state index in [1.807, 2.05) is 0 Å². The second-order valence-electron chi connectivity index (χ2n) is 7.70. The van der Waals surface area contributed by atoms with Crippen molar-refractivity contribution in [3.63, 3.8) is 0 Å². The van der Waals surface area contributed by atoms with Gasteiger partial charge in [0.05, 0.1) is 0 Å². The fraction of sp³-hybridized carbons (Fsp3) is 1.00. The SMILES string of the molecule is CC(CNC1(CN)CCCC(C)(C)CC1)C1CC1. The van der Waals surface area contributed by atoms with Crippen LogP contribution in [0.1, 0.15) is 65.7 Å². The molecule has 2 heteroatoms. The zero-order valence-corrected chi connectivity index (χ0v) is 12.6. The molecule has 0 bridgehead atoms. The zero-order chi connectivity index (χ0) is 13.2. The number of nitrogens with two attached hydrogens (primary N) is 1. The standard InChI is InChI=1S/C16H32N2/c1-13(14-5-6-14)11-18-16(12-17)8-4-7-15(2,3)9-10-16/h13-14,18H,4-12,17H2,1-3H3. The van der Waals surface area contributed by atoms with Crippen LogP contribution in [-0.2, 0) is 0 Å². The van der Waals surface area contributed by atoms with Gasteiger partial charge in [0.2, 0.25) is 0 Å². The fourth-order valence-electron chi connectivity index (χ4n) is 3.40. The third-order valence-corrected chi connectivity index (χ3v) is 5.41. The second-order valence-corrected chi connectivity index (χ2v) is 7.70. The number of rotatable bonds is 5. The highest BCUT2D eigenvalue weighted by Crippen LogP contribution is 2.39. The summed E-state index contributed by atoms with van der Waals surface area (Å²) >= 11 is 0. The van der Waals surface area contributed by atoms with E-state index in [0.717, 1.165) is 18.4 Å². The maximum absolute atomic E-state index is 6.11. The lowest BCUT2D eigenvalue weighted by atomic mass is 9.83. The van der Waals surface area contributed by atoms with Gasteiger partial charge in [-0.3, -0.25) is 0 Å². The molecule has 0 spiro atoms. The van der Waals surface area contributed by atoms with Gasteiger partial charge in [-0.1, -0.05) is 27.2 Å². The third kappa shape index (κ3) is 3.71. The molecule has 2 fully saturated rings. The van der Waals surface area contributed by atoms with Crippen LogP contribution in [0.5, 0.6) is 0 Å². The zero-order valence-electron chi connectivity index (χ0n) is 12.6. The van der Waals surface area contributed by atoms with Crippen molar-refractivity contribution in [2.45, 2.75) is 71.3 Å². The van der Waals surface area contributed by atoms with E-state index in [1.165, 1.54) is 51.5 Å². The molecule has 2 atom stereocenters. The van der Waals surface area contributed by atoms with E-state index in [1.54, 1.807) is 0 Å². The summed E-state index contributed by atoms with van der Waals surface area (Å²) in [5.41, 5.74) is 6.86. The van der Waals surface area contributed by atoms with Gasteiger partial charge in [0, 0.05) is 12.1 Å². The first-order valence-corrected chi connectivity index (χ1v) is 7.91. The Hall–Kier alpha value is -0.0800. The van der Waals surface area contributed by atoms with Crippen LogP contribution in [0.4, 0.5) is 0 Å². The topological polar surface area (TPSA) is 38.0 Å². The fourth-order valence-corrected chi connectivity index (χ4v) is 3.40. The molecule has 2 nitrogen and oxygen atoms in total. The molecule has 0 aromatic heterocycles. The highest BCUT2D eigenvalue weighted by Gasteiger charge is 2.35. The van der Waals surface area contributed by atoms with E-state index in [2.05, 4.69) is 26.1 Å². The predicted molar refractivity (Wildman–Crippen MR) is 78.5 cm³/mol. The molecule has 2 aliphatic rings. The van der Waals surface area contributed by atoms with Crippen LogP contribution in [0.3, 0.4) is 0 Å². The van der Waals surface area contributed by atoms with Gasteiger partial charge in [-0.15, -0.1) is 0 Å². The molecule has 2 rings (SSSR count). The van der Waals surface area contributed by atoms with E-state index >= 15 is 0 Å². The van der Waals surface area contributed by atoms with E-state index < -0.39 is 0 Å². The summed E-state index contributed by atoms with van der Waals surface area (Å²) in [6.07, 6.45) is 9.42. The Morgan fingerprint density at radius 1 is 1.17 bits per heavy atom. The maximum atomic E-state index is 6.11. The van der Waals surface area contributed by atoms with Gasteiger partial charge in [-0.05, 0) is 62.3 Å². The van der Waals surface area contributed by atoms with Gasteiger partial charge in [0.1, 0.15) is 0 Å². The Bertz CT molecular complexity index is 270. The van der Waals surface area contributed by atoms with Gasteiger partial charge in [0.25, 0.3) is 0 Å². The Kier molecular flexibility index (Phi) is 4.38. The van der Waals surface area contributed by atoms with Gasteiger partial charge >= 0.3 is 0 Å². The summed E-state index contributed by atoms with van der Waals surface area (Å²) < 4.78 is 0. The molecule has 0 aromatic rings. The smallest absolute Gasteiger partial charge is 0.0304 e. The second kappa shape index (κ2) is 5.50. The quantitative estimate of drug-likeness (QED) is 0.737. The first kappa shape index (κ1) is 14.3. The molecule has 0 radical (unpaired) electrons. The van der Waals surface area contributed by atoms with Crippen LogP contribution in [-0.4, -0.2) is 18.6 Å². The van der Waals surface area contributed by atoms with Gasteiger partial charge in [-0.25, -0.2) is 0 Å². The largest absolute Gasteiger partial charge is 0.329 e. The molecule has 2 aliphatic carbocycles. The van der Waals surface area contributed by atoms with Crippen molar-refractivity contribution in [3.8, 4) is 0 Å². The summed E-state index contributed by atoms with van der Waals surface area (Å²) in [5, 5.41) is 3.86. The van der Waals surface area contributed by atoms with Crippen molar-refractivity contribution < 1.29 is 0 Å². The lowest BCUT2D eigenvalue weighted by molar-refractivity contribution is 0.252. The third-order valence-electron chi connectivity index (χ3n) is 5.41. The molecule has 2 saturated carbocycles. The minimum absolute atomic E-state index is 0.233. The first-order valence-electron chi connectivity index (χ1n) is 7.91. The van der Waals surface area contributed by atoms with Crippen molar-refractivity contribution >= 4 is 0 Å². The Morgan fingerprint density at radius 2 is 1.89 bits per heavy atom. The van der Waals surface area contributed by atoms with Crippen LogP contribution in [0, 0.1) is 17.3 Å². The number of hydrogen-bond acceptors (Lipinski definition) is 2. The monoisotopic (exact) mass is 252 g/mol. The van der Waals surface area contributed by atoms with Crippen molar-refractivity contribution in [2.75, 3.05) is 13.1 Å². The summed E-state index contributed by atoms with van der Waals surface area (Å²) in [6.45, 7) is 9.19. The minimum atomic E-state index is 0.233. The van der Waals surface area contributed by atoms with Gasteiger partial charge < -0.3 is 11.1 Å². The average molecular weight is 252 g/mol. The summed E-state index contributed by atoms with van der Waals surface area (Å²) in [4.78, 5) is 0. The average Bonchev–Trinajstić information content (AvgIpc) is 3.15. The van der Waals surface area contributed by atoms with E-state index in [9.17, 15) is 0 Å². The first-order chi connectivity index (χ1) is 8.46. The molecule has 18 heavy (non-hydrogen) atoms. The van der Waals surface area contributed by atoms with E-state index in [-0.39, 0.29) is 5.54 Å². The van der Waals surface area contributed by atoms with E-state index in [0.29, 0.717) is 5.41 Å². The molecule has 0 saturated heterocycles. The molecule has 0 amide bonds. The Morgan fingerprint density at radius 3 is 2.50 bits per heavy atom. The minimum Gasteiger partial charge on any atom is -0.329 e. The molecule has 0 aromatic carbocycles. The molecule has 0 heterocycles. The maximum Gasteiger partial charge on any atom is 0.0304 e. The summed E-state index contributed by atoms with van der Waals surface area (Å²) in [7, 11) is 0. The van der Waals surface area contributed by atoms with Crippen LogP contribution < -0.4 is 11.1 Å². The van der Waals surface area contributed by atoms with Crippen molar-refractivity contribution in [1.82, 2.24) is 5.32 Å².